The highest BCUT2D eigenvalue weighted by Crippen LogP contribution is 2.36. The number of phenolic OH excluding ortho intramolecular Hbond substituents is 1. The van der Waals surface area contributed by atoms with Crippen LogP contribution >= 0.6 is 0 Å². The number of hydrogen-bond donors (Lipinski definition) is 4. The highest BCUT2D eigenvalue weighted by molar-refractivity contribution is 7.91. The zero-order chi connectivity index (χ0) is 18.0. The molecule has 4 N–H and O–H groups in total. The lowest BCUT2D eigenvalue weighted by molar-refractivity contribution is 0.283. The number of anilines is 1. The number of benzene rings is 2. The van der Waals surface area contributed by atoms with Crippen LogP contribution < -0.4 is 9.03 Å². The van der Waals surface area contributed by atoms with Gasteiger partial charge in [0.25, 0.3) is 0 Å². The SMILES string of the molecule is O=S1(=O)NC=C(O)N1c1cc2cc(CCCCCO)ccc2cc1O. The lowest BCUT2D eigenvalue weighted by atomic mass is 10.0. The summed E-state index contributed by atoms with van der Waals surface area (Å²) in [7, 11) is -3.95. The van der Waals surface area contributed by atoms with Crippen molar-refractivity contribution in [1.82, 2.24) is 4.72 Å². The molecule has 1 aliphatic rings. The maximum absolute atomic E-state index is 12.0. The molecule has 0 unspecified atom stereocenters. The van der Waals surface area contributed by atoms with Crippen LogP contribution in [0, 0.1) is 0 Å². The molecule has 1 aliphatic heterocycles. The Kier molecular flexibility index (Phi) is 4.73. The van der Waals surface area contributed by atoms with Gasteiger partial charge in [0, 0.05) is 6.61 Å². The van der Waals surface area contributed by atoms with Crippen molar-refractivity contribution < 1.29 is 23.7 Å². The normalized spacial score (nSPS) is 16.0. The molecule has 0 saturated carbocycles. The van der Waals surface area contributed by atoms with Crippen molar-refractivity contribution in [3.63, 3.8) is 0 Å². The Hall–Kier alpha value is -2.45. The number of hydrogen-bond acceptors (Lipinski definition) is 5. The number of aromatic hydroxyl groups is 1. The second kappa shape index (κ2) is 6.81. The Bertz CT molecular complexity index is 924. The lowest BCUT2D eigenvalue weighted by Gasteiger charge is -2.18. The number of fused-ring (bicyclic) bond motifs is 1. The van der Waals surface area contributed by atoms with Crippen molar-refractivity contribution in [1.29, 1.82) is 0 Å². The van der Waals surface area contributed by atoms with Gasteiger partial charge in [-0.2, -0.15) is 12.7 Å². The average molecular weight is 364 g/mol. The first-order chi connectivity index (χ1) is 11.9. The van der Waals surface area contributed by atoms with Crippen molar-refractivity contribution in [3.8, 4) is 5.75 Å². The predicted octanol–water partition coefficient (Wildman–Crippen LogP) is 2.26. The zero-order valence-electron chi connectivity index (χ0n) is 13.5. The van der Waals surface area contributed by atoms with Gasteiger partial charge in [0.1, 0.15) is 11.4 Å². The van der Waals surface area contributed by atoms with E-state index in [1.807, 2.05) is 18.2 Å². The van der Waals surface area contributed by atoms with E-state index in [0.29, 0.717) is 4.31 Å². The first kappa shape index (κ1) is 17.4. The summed E-state index contributed by atoms with van der Waals surface area (Å²) in [6.07, 6.45) is 4.46. The highest BCUT2D eigenvalue weighted by Gasteiger charge is 2.33. The fourth-order valence-electron chi connectivity index (χ4n) is 2.87. The molecule has 0 aliphatic carbocycles. The number of nitrogens with one attached hydrogen (secondary N) is 1. The summed E-state index contributed by atoms with van der Waals surface area (Å²) < 4.78 is 26.7. The summed E-state index contributed by atoms with van der Waals surface area (Å²) in [4.78, 5) is 0. The third-order valence-electron chi connectivity index (χ3n) is 4.13. The lowest BCUT2D eigenvalue weighted by Crippen LogP contribution is -2.31. The number of nitrogens with zero attached hydrogens (tertiary/aromatic N) is 1. The maximum atomic E-state index is 12.0. The van der Waals surface area contributed by atoms with Crippen LogP contribution in [0.2, 0.25) is 0 Å². The van der Waals surface area contributed by atoms with Crippen LogP contribution in [-0.4, -0.2) is 30.3 Å². The molecular weight excluding hydrogens is 344 g/mol. The molecule has 0 radical (unpaired) electrons. The fraction of sp³-hybridized carbons (Fsp3) is 0.294. The smallest absolute Gasteiger partial charge is 0.330 e. The number of unbranched alkanes of at least 4 members (excludes halogenated alkanes) is 2. The molecule has 0 amide bonds. The summed E-state index contributed by atoms with van der Waals surface area (Å²) >= 11 is 0. The topological polar surface area (TPSA) is 110 Å². The summed E-state index contributed by atoms with van der Waals surface area (Å²) in [5.74, 6) is -0.745. The molecule has 1 heterocycles. The molecule has 25 heavy (non-hydrogen) atoms. The number of rotatable bonds is 6. The monoisotopic (exact) mass is 364 g/mol. The molecule has 7 nitrogen and oxygen atoms in total. The van der Waals surface area contributed by atoms with Gasteiger partial charge in [0.2, 0.25) is 5.88 Å². The van der Waals surface area contributed by atoms with Crippen LogP contribution in [0.1, 0.15) is 24.8 Å². The van der Waals surface area contributed by atoms with Crippen LogP contribution in [0.5, 0.6) is 5.75 Å². The van der Waals surface area contributed by atoms with E-state index in [9.17, 15) is 18.6 Å². The quantitative estimate of drug-likeness (QED) is 0.588. The first-order valence-corrected chi connectivity index (χ1v) is 9.44. The van der Waals surface area contributed by atoms with Crippen LogP contribution in [0.3, 0.4) is 0 Å². The molecule has 0 bridgehead atoms. The van der Waals surface area contributed by atoms with Gasteiger partial charge in [-0.15, -0.1) is 0 Å². The Balaban J connectivity index is 1.95. The Morgan fingerprint density at radius 1 is 1.00 bits per heavy atom. The van der Waals surface area contributed by atoms with E-state index in [0.717, 1.165) is 48.2 Å². The molecule has 0 atom stereocenters. The number of aliphatic hydroxyl groups excluding tert-OH is 2. The van der Waals surface area contributed by atoms with Gasteiger partial charge >= 0.3 is 10.2 Å². The largest absolute Gasteiger partial charge is 0.506 e. The van der Waals surface area contributed by atoms with Crippen molar-refractivity contribution in [3.05, 3.63) is 48.0 Å². The van der Waals surface area contributed by atoms with Crippen LogP contribution in [0.4, 0.5) is 5.69 Å². The minimum absolute atomic E-state index is 0.0105. The fourth-order valence-corrected chi connectivity index (χ4v) is 3.94. The van der Waals surface area contributed by atoms with E-state index in [2.05, 4.69) is 4.72 Å². The molecule has 0 fully saturated rings. The molecule has 2 aromatic carbocycles. The molecule has 8 heteroatoms. The number of aryl methyl sites for hydroxylation is 1. The van der Waals surface area contributed by atoms with E-state index < -0.39 is 16.1 Å². The second-order valence-electron chi connectivity index (χ2n) is 5.95. The Morgan fingerprint density at radius 3 is 2.48 bits per heavy atom. The van der Waals surface area contributed by atoms with Crippen LogP contribution in [0.25, 0.3) is 10.8 Å². The minimum Gasteiger partial charge on any atom is -0.506 e. The zero-order valence-corrected chi connectivity index (χ0v) is 14.3. The summed E-state index contributed by atoms with van der Waals surface area (Å²) in [5.41, 5.74) is 1.08. The summed E-state index contributed by atoms with van der Waals surface area (Å²) in [6, 6.07) is 8.78. The van der Waals surface area contributed by atoms with Gasteiger partial charge in [-0.3, -0.25) is 4.72 Å². The maximum Gasteiger partial charge on any atom is 0.330 e. The van der Waals surface area contributed by atoms with Crippen molar-refractivity contribution in [2.45, 2.75) is 25.7 Å². The molecule has 134 valence electrons. The number of aliphatic hydroxyl groups is 2. The molecule has 0 aromatic heterocycles. The van der Waals surface area contributed by atoms with Crippen LogP contribution in [-0.2, 0) is 16.6 Å². The minimum atomic E-state index is -3.95. The predicted molar refractivity (Wildman–Crippen MR) is 95.5 cm³/mol. The van der Waals surface area contributed by atoms with E-state index in [1.165, 1.54) is 12.1 Å². The Morgan fingerprint density at radius 2 is 1.80 bits per heavy atom. The average Bonchev–Trinajstić information content (AvgIpc) is 2.84. The van der Waals surface area contributed by atoms with E-state index in [4.69, 9.17) is 5.11 Å². The first-order valence-electron chi connectivity index (χ1n) is 8.00. The van der Waals surface area contributed by atoms with Gasteiger partial charge < -0.3 is 15.3 Å². The standard InChI is InChI=1S/C17H20N2O5S/c20-7-3-1-2-4-12-5-6-13-10-16(21)15(9-14(13)8-12)19-17(22)11-18-25(19,23)24/h5-6,8-11,18,20-22H,1-4,7H2. The Labute approximate surface area is 146 Å². The van der Waals surface area contributed by atoms with Crippen LogP contribution in [0.15, 0.2) is 42.4 Å². The van der Waals surface area contributed by atoms with Crippen molar-refractivity contribution >= 4 is 26.7 Å². The third-order valence-corrected chi connectivity index (χ3v) is 5.41. The van der Waals surface area contributed by atoms with Gasteiger partial charge in [-0.25, -0.2) is 0 Å². The summed E-state index contributed by atoms with van der Waals surface area (Å²) in [6.45, 7) is 0.190. The number of phenols is 1. The van der Waals surface area contributed by atoms with Crippen molar-refractivity contribution in [2.75, 3.05) is 10.9 Å². The molecule has 0 saturated heterocycles. The molecule has 0 spiro atoms. The van der Waals surface area contributed by atoms with Crippen molar-refractivity contribution in [2.24, 2.45) is 0 Å². The van der Waals surface area contributed by atoms with E-state index in [-0.39, 0.29) is 18.0 Å². The van der Waals surface area contributed by atoms with Gasteiger partial charge in [-0.05, 0) is 47.7 Å². The molecular formula is C17H20N2O5S. The third kappa shape index (κ3) is 3.49. The van der Waals surface area contributed by atoms with Gasteiger partial charge in [-0.1, -0.05) is 24.6 Å². The highest BCUT2D eigenvalue weighted by atomic mass is 32.2. The van der Waals surface area contributed by atoms with E-state index in [1.54, 1.807) is 0 Å². The molecule has 2 aromatic rings. The van der Waals surface area contributed by atoms with E-state index >= 15 is 0 Å². The van der Waals surface area contributed by atoms with Gasteiger partial charge in [0.15, 0.2) is 0 Å². The second-order valence-corrected chi connectivity index (χ2v) is 7.50. The molecule has 3 rings (SSSR count). The summed E-state index contributed by atoms with van der Waals surface area (Å²) in [5, 5.41) is 30.4. The van der Waals surface area contributed by atoms with Gasteiger partial charge in [0.05, 0.1) is 6.20 Å².